The number of hydrogen-bond donors (Lipinski definition) is 1. The zero-order chi connectivity index (χ0) is 12.2. The molecular weight excluding hydrogens is 206 g/mol. The maximum absolute atomic E-state index is 11.6. The van der Waals surface area contributed by atoms with Gasteiger partial charge in [-0.2, -0.15) is 0 Å². The van der Waals surface area contributed by atoms with Crippen LogP contribution in [-0.2, 0) is 14.3 Å². The molecule has 0 aromatic heterocycles. The summed E-state index contributed by atoms with van der Waals surface area (Å²) < 4.78 is 10.5. The Morgan fingerprint density at radius 2 is 2.12 bits per heavy atom. The summed E-state index contributed by atoms with van der Waals surface area (Å²) in [5, 5.41) is 0. The zero-order valence-corrected chi connectivity index (χ0v) is 10.5. The van der Waals surface area contributed by atoms with Gasteiger partial charge in [0.05, 0.1) is 18.1 Å². The number of esters is 1. The fraction of sp³-hybridized carbons (Fsp3) is 0.917. The molecule has 4 heteroatoms. The van der Waals surface area contributed by atoms with Crippen LogP contribution in [0.25, 0.3) is 0 Å². The highest BCUT2D eigenvalue weighted by molar-refractivity contribution is 5.72. The highest BCUT2D eigenvalue weighted by atomic mass is 16.5. The summed E-state index contributed by atoms with van der Waals surface area (Å²) in [6.07, 6.45) is 3.29. The van der Waals surface area contributed by atoms with Crippen molar-refractivity contribution in [3.05, 3.63) is 0 Å². The summed E-state index contributed by atoms with van der Waals surface area (Å²) in [5.74, 6) is -0.0829. The first kappa shape index (κ1) is 13.5. The Morgan fingerprint density at radius 1 is 1.44 bits per heavy atom. The molecule has 0 aromatic rings. The normalized spacial score (nSPS) is 25.8. The Labute approximate surface area is 97.5 Å². The molecule has 0 unspecified atom stereocenters. The molecule has 1 saturated carbocycles. The van der Waals surface area contributed by atoms with E-state index in [2.05, 4.69) is 0 Å². The van der Waals surface area contributed by atoms with Gasteiger partial charge in [-0.3, -0.25) is 4.79 Å². The van der Waals surface area contributed by atoms with E-state index in [9.17, 15) is 4.79 Å². The van der Waals surface area contributed by atoms with Crippen LogP contribution in [0.1, 0.15) is 39.5 Å². The van der Waals surface area contributed by atoms with Crippen molar-refractivity contribution in [2.75, 3.05) is 13.7 Å². The minimum Gasteiger partial charge on any atom is -0.465 e. The third kappa shape index (κ3) is 4.10. The molecule has 2 N–H and O–H groups in total. The van der Waals surface area contributed by atoms with Crippen LogP contribution < -0.4 is 5.73 Å². The van der Waals surface area contributed by atoms with Crippen molar-refractivity contribution in [2.24, 2.45) is 11.7 Å². The fourth-order valence-corrected chi connectivity index (χ4v) is 1.85. The summed E-state index contributed by atoms with van der Waals surface area (Å²) in [6.45, 7) is 4.38. The van der Waals surface area contributed by atoms with Gasteiger partial charge in [-0.25, -0.2) is 0 Å². The summed E-state index contributed by atoms with van der Waals surface area (Å²) in [5.41, 5.74) is 5.52. The van der Waals surface area contributed by atoms with Crippen LogP contribution in [-0.4, -0.2) is 31.3 Å². The Morgan fingerprint density at radius 3 is 2.62 bits per heavy atom. The third-order valence-electron chi connectivity index (χ3n) is 3.31. The molecular formula is C12H23NO3. The molecule has 94 valence electrons. The van der Waals surface area contributed by atoms with Crippen molar-refractivity contribution in [3.63, 3.8) is 0 Å². The van der Waals surface area contributed by atoms with Gasteiger partial charge in [0.1, 0.15) is 0 Å². The van der Waals surface area contributed by atoms with Crippen LogP contribution in [0, 0.1) is 5.92 Å². The van der Waals surface area contributed by atoms with Gasteiger partial charge in [0, 0.05) is 19.6 Å². The number of hydrogen-bond acceptors (Lipinski definition) is 4. The lowest BCUT2D eigenvalue weighted by Gasteiger charge is -2.22. The first-order valence-electron chi connectivity index (χ1n) is 5.92. The summed E-state index contributed by atoms with van der Waals surface area (Å²) in [6, 6.07) is 0.174. The van der Waals surface area contributed by atoms with Crippen LogP contribution in [0.15, 0.2) is 0 Å². The molecule has 4 nitrogen and oxygen atoms in total. The summed E-state index contributed by atoms with van der Waals surface area (Å²) in [4.78, 5) is 11.6. The molecule has 0 amide bonds. The SMILES string of the molecule is COC(C)(C)CCOC(=O)[C@@H]1CC[C@H](N)C1. The van der Waals surface area contributed by atoms with Gasteiger partial charge in [0.25, 0.3) is 0 Å². The fourth-order valence-electron chi connectivity index (χ4n) is 1.85. The van der Waals surface area contributed by atoms with Gasteiger partial charge in [-0.15, -0.1) is 0 Å². The predicted octanol–water partition coefficient (Wildman–Crippen LogP) is 1.47. The molecule has 0 radical (unpaired) electrons. The largest absolute Gasteiger partial charge is 0.465 e. The Bertz CT molecular complexity index is 240. The van der Waals surface area contributed by atoms with E-state index < -0.39 is 0 Å². The second-order valence-corrected chi connectivity index (χ2v) is 5.15. The van der Waals surface area contributed by atoms with Gasteiger partial charge in [0.2, 0.25) is 0 Å². The van der Waals surface area contributed by atoms with Crippen molar-refractivity contribution in [2.45, 2.75) is 51.2 Å². The predicted molar refractivity (Wildman–Crippen MR) is 62.0 cm³/mol. The Kier molecular flexibility index (Phi) is 4.74. The number of carbonyl (C=O) groups excluding carboxylic acids is 1. The van der Waals surface area contributed by atoms with Gasteiger partial charge in [-0.1, -0.05) is 0 Å². The number of nitrogens with two attached hydrogens (primary N) is 1. The molecule has 1 rings (SSSR count). The lowest BCUT2D eigenvalue weighted by molar-refractivity contribution is -0.149. The molecule has 0 spiro atoms. The van der Waals surface area contributed by atoms with Crippen molar-refractivity contribution in [1.29, 1.82) is 0 Å². The van der Waals surface area contributed by atoms with Crippen molar-refractivity contribution >= 4 is 5.97 Å². The minimum atomic E-state index is -0.230. The third-order valence-corrected chi connectivity index (χ3v) is 3.31. The molecule has 0 aromatic carbocycles. The topological polar surface area (TPSA) is 61.5 Å². The number of ether oxygens (including phenoxy) is 2. The molecule has 0 aliphatic heterocycles. The molecule has 16 heavy (non-hydrogen) atoms. The number of carbonyl (C=O) groups is 1. The summed E-state index contributed by atoms with van der Waals surface area (Å²) in [7, 11) is 1.66. The van der Waals surface area contributed by atoms with Crippen LogP contribution in [0.3, 0.4) is 0 Å². The first-order valence-corrected chi connectivity index (χ1v) is 5.92. The molecule has 2 atom stereocenters. The van der Waals surface area contributed by atoms with Gasteiger partial charge < -0.3 is 15.2 Å². The lowest BCUT2D eigenvalue weighted by Crippen LogP contribution is -2.26. The van der Waals surface area contributed by atoms with Crippen LogP contribution in [0.2, 0.25) is 0 Å². The molecule has 1 aliphatic rings. The van der Waals surface area contributed by atoms with E-state index in [1.807, 2.05) is 13.8 Å². The number of methoxy groups -OCH3 is 1. The number of rotatable bonds is 5. The maximum atomic E-state index is 11.6. The average molecular weight is 229 g/mol. The Balaban J connectivity index is 2.20. The summed E-state index contributed by atoms with van der Waals surface area (Å²) >= 11 is 0. The molecule has 1 fully saturated rings. The standard InChI is InChI=1S/C12H23NO3/c1-12(2,15-3)6-7-16-11(14)9-4-5-10(13)8-9/h9-10H,4-8,13H2,1-3H3/t9-,10+/m1/s1. The monoisotopic (exact) mass is 229 g/mol. The van der Waals surface area contributed by atoms with E-state index in [1.54, 1.807) is 7.11 Å². The average Bonchev–Trinajstić information content (AvgIpc) is 2.64. The van der Waals surface area contributed by atoms with E-state index in [4.69, 9.17) is 15.2 Å². The second kappa shape index (κ2) is 5.64. The lowest BCUT2D eigenvalue weighted by atomic mass is 10.1. The van der Waals surface area contributed by atoms with Gasteiger partial charge >= 0.3 is 5.97 Å². The van der Waals surface area contributed by atoms with E-state index in [0.29, 0.717) is 13.0 Å². The van der Waals surface area contributed by atoms with E-state index in [-0.39, 0.29) is 23.5 Å². The van der Waals surface area contributed by atoms with Gasteiger partial charge in [-0.05, 0) is 33.1 Å². The zero-order valence-electron chi connectivity index (χ0n) is 10.5. The second-order valence-electron chi connectivity index (χ2n) is 5.15. The van der Waals surface area contributed by atoms with Crippen LogP contribution in [0.4, 0.5) is 0 Å². The molecule has 0 bridgehead atoms. The molecule has 1 aliphatic carbocycles. The maximum Gasteiger partial charge on any atom is 0.308 e. The van der Waals surface area contributed by atoms with Crippen molar-refractivity contribution in [3.8, 4) is 0 Å². The first-order chi connectivity index (χ1) is 7.44. The van der Waals surface area contributed by atoms with Gasteiger partial charge in [0.15, 0.2) is 0 Å². The van der Waals surface area contributed by atoms with Crippen LogP contribution >= 0.6 is 0 Å². The molecule has 0 heterocycles. The van der Waals surface area contributed by atoms with E-state index >= 15 is 0 Å². The van der Waals surface area contributed by atoms with Crippen molar-refractivity contribution in [1.82, 2.24) is 0 Å². The molecule has 0 saturated heterocycles. The van der Waals surface area contributed by atoms with E-state index in [1.165, 1.54) is 0 Å². The van der Waals surface area contributed by atoms with Crippen molar-refractivity contribution < 1.29 is 14.3 Å². The Hall–Kier alpha value is -0.610. The quantitative estimate of drug-likeness (QED) is 0.725. The highest BCUT2D eigenvalue weighted by Crippen LogP contribution is 2.25. The van der Waals surface area contributed by atoms with Crippen LogP contribution in [0.5, 0.6) is 0 Å². The highest BCUT2D eigenvalue weighted by Gasteiger charge is 2.29. The smallest absolute Gasteiger partial charge is 0.308 e. The van der Waals surface area contributed by atoms with E-state index in [0.717, 1.165) is 19.3 Å². The minimum absolute atomic E-state index is 0.0145.